The van der Waals surface area contributed by atoms with E-state index >= 15 is 0 Å². The summed E-state index contributed by atoms with van der Waals surface area (Å²) in [5.74, 6) is -0.786. The van der Waals surface area contributed by atoms with Crippen LogP contribution in [0, 0.1) is 0 Å². The zero-order valence-electron chi connectivity index (χ0n) is 7.83. The number of fused-ring (bicyclic) bond motifs is 4. The molecule has 80 valence electrons. The average molecular weight is 305 g/mol. The van der Waals surface area contributed by atoms with Gasteiger partial charge in [0.2, 0.25) is 0 Å². The van der Waals surface area contributed by atoms with Crippen LogP contribution in [0.25, 0.3) is 0 Å². The van der Waals surface area contributed by atoms with E-state index in [9.17, 15) is 9.90 Å². The number of hydrogen-bond donors (Lipinski definition) is 1. The van der Waals surface area contributed by atoms with Gasteiger partial charge in [0.15, 0.2) is 0 Å². The van der Waals surface area contributed by atoms with Crippen LogP contribution in [-0.2, 0) is 6.42 Å². The van der Waals surface area contributed by atoms with Gasteiger partial charge < -0.3 is 5.11 Å². The van der Waals surface area contributed by atoms with Crippen molar-refractivity contribution in [3.8, 4) is 0 Å². The maximum atomic E-state index is 11.2. The molecule has 3 rings (SSSR count). The van der Waals surface area contributed by atoms with Crippen molar-refractivity contribution in [2.24, 2.45) is 0 Å². The van der Waals surface area contributed by atoms with Crippen LogP contribution >= 0.6 is 39.0 Å². The molecule has 2 unspecified atom stereocenters. The van der Waals surface area contributed by atoms with Crippen molar-refractivity contribution >= 4 is 45.0 Å². The molecule has 1 aromatic heterocycles. The van der Waals surface area contributed by atoms with E-state index < -0.39 is 5.97 Å². The summed E-state index contributed by atoms with van der Waals surface area (Å²) in [4.78, 5) is 12.5. The van der Waals surface area contributed by atoms with Gasteiger partial charge in [-0.05, 0) is 40.8 Å². The van der Waals surface area contributed by atoms with E-state index in [0.717, 1.165) is 15.8 Å². The highest BCUT2D eigenvalue weighted by Crippen LogP contribution is 2.55. The minimum Gasteiger partial charge on any atom is -0.478 e. The summed E-state index contributed by atoms with van der Waals surface area (Å²) in [5, 5.41) is 10.4. The highest BCUT2D eigenvalue weighted by molar-refractivity contribution is 9.11. The molecular weight excluding hydrogens is 296 g/mol. The van der Waals surface area contributed by atoms with Crippen molar-refractivity contribution in [3.63, 3.8) is 0 Å². The van der Waals surface area contributed by atoms with Gasteiger partial charge in [-0.1, -0.05) is 0 Å². The molecule has 1 aromatic rings. The Labute approximate surface area is 104 Å². The summed E-state index contributed by atoms with van der Waals surface area (Å²) in [6, 6.07) is 0. The summed E-state index contributed by atoms with van der Waals surface area (Å²) in [7, 11) is 0. The Morgan fingerprint density at radius 2 is 2.27 bits per heavy atom. The molecule has 5 heteroatoms. The van der Waals surface area contributed by atoms with Crippen molar-refractivity contribution in [3.05, 3.63) is 19.8 Å². The molecule has 0 spiro atoms. The third-order valence-electron chi connectivity index (χ3n) is 3.04. The number of thioether (sulfide) groups is 1. The Kier molecular flexibility index (Phi) is 2.37. The van der Waals surface area contributed by atoms with Crippen molar-refractivity contribution in [1.29, 1.82) is 0 Å². The minimum absolute atomic E-state index is 0.521. The highest BCUT2D eigenvalue weighted by Gasteiger charge is 2.38. The van der Waals surface area contributed by atoms with Gasteiger partial charge in [0.05, 0.1) is 9.35 Å². The maximum Gasteiger partial charge on any atom is 0.338 e. The minimum atomic E-state index is -0.786. The van der Waals surface area contributed by atoms with Gasteiger partial charge in [-0.2, -0.15) is 0 Å². The van der Waals surface area contributed by atoms with Gasteiger partial charge in [0.25, 0.3) is 0 Å². The molecule has 1 saturated heterocycles. The Bertz CT molecular complexity index is 441. The Morgan fingerprint density at radius 3 is 3.00 bits per heavy atom. The third-order valence-corrected chi connectivity index (χ3v) is 6.79. The second kappa shape index (κ2) is 3.50. The summed E-state index contributed by atoms with van der Waals surface area (Å²) >= 11 is 7.02. The zero-order chi connectivity index (χ0) is 10.6. The lowest BCUT2D eigenvalue weighted by Gasteiger charge is -2.19. The number of rotatable bonds is 1. The lowest BCUT2D eigenvalue weighted by molar-refractivity contribution is 0.0695. The molecule has 0 saturated carbocycles. The normalized spacial score (nSPS) is 27.8. The number of carboxylic acids is 1. The van der Waals surface area contributed by atoms with Gasteiger partial charge in [0.1, 0.15) is 0 Å². The first-order valence-electron chi connectivity index (χ1n) is 4.86. The number of carbonyl (C=O) groups is 1. The van der Waals surface area contributed by atoms with E-state index in [4.69, 9.17) is 0 Å². The zero-order valence-corrected chi connectivity index (χ0v) is 11.0. The summed E-state index contributed by atoms with van der Waals surface area (Å²) in [6.07, 6.45) is 3.40. The summed E-state index contributed by atoms with van der Waals surface area (Å²) < 4.78 is 0.799. The fourth-order valence-electron chi connectivity index (χ4n) is 2.40. The Hall–Kier alpha value is -0.000000000000000111. The average Bonchev–Trinajstić information content (AvgIpc) is 2.69. The largest absolute Gasteiger partial charge is 0.478 e. The number of hydrogen-bond acceptors (Lipinski definition) is 3. The van der Waals surface area contributed by atoms with Crippen molar-refractivity contribution in [1.82, 2.24) is 0 Å². The molecule has 3 heterocycles. The molecule has 2 atom stereocenters. The van der Waals surface area contributed by atoms with Crippen molar-refractivity contribution in [2.45, 2.75) is 29.8 Å². The van der Waals surface area contributed by atoms with Gasteiger partial charge >= 0.3 is 5.97 Å². The monoisotopic (exact) mass is 304 g/mol. The SMILES string of the molecule is O=C(O)c1c(Br)sc2c1CC1CCC2S1. The quantitative estimate of drug-likeness (QED) is 0.859. The van der Waals surface area contributed by atoms with E-state index in [-0.39, 0.29) is 0 Å². The second-order valence-corrected chi connectivity index (χ2v) is 7.80. The van der Waals surface area contributed by atoms with Crippen LogP contribution in [0.2, 0.25) is 0 Å². The first kappa shape index (κ1) is 10.2. The smallest absolute Gasteiger partial charge is 0.338 e. The molecule has 1 fully saturated rings. The van der Waals surface area contributed by atoms with Crippen LogP contribution in [-0.4, -0.2) is 16.3 Å². The molecule has 0 amide bonds. The highest BCUT2D eigenvalue weighted by atomic mass is 79.9. The topological polar surface area (TPSA) is 37.3 Å². The third kappa shape index (κ3) is 1.47. The first-order valence-corrected chi connectivity index (χ1v) is 7.42. The van der Waals surface area contributed by atoms with Crippen LogP contribution in [0.5, 0.6) is 0 Å². The molecule has 2 bridgehead atoms. The molecule has 0 radical (unpaired) electrons. The number of thiophene rings is 1. The van der Waals surface area contributed by atoms with Crippen molar-refractivity contribution < 1.29 is 9.90 Å². The first-order chi connectivity index (χ1) is 7.16. The molecule has 1 N–H and O–H groups in total. The predicted octanol–water partition coefficient (Wildman–Crippen LogP) is 3.70. The Balaban J connectivity index is 2.17. The molecule has 2 aliphatic rings. The van der Waals surface area contributed by atoms with Crippen molar-refractivity contribution in [2.75, 3.05) is 0 Å². The van der Waals surface area contributed by atoms with Gasteiger partial charge in [-0.3, -0.25) is 0 Å². The summed E-state index contributed by atoms with van der Waals surface area (Å²) in [5.41, 5.74) is 1.62. The van der Waals surface area contributed by atoms with Crippen LogP contribution in [0.4, 0.5) is 0 Å². The van der Waals surface area contributed by atoms with Gasteiger partial charge in [-0.25, -0.2) is 4.79 Å². The van der Waals surface area contributed by atoms with E-state index in [2.05, 4.69) is 15.9 Å². The lowest BCUT2D eigenvalue weighted by Crippen LogP contribution is -2.11. The standard InChI is InChI=1S/C10H9BrO2S2/c11-9-7(10(12)13)5-3-4-1-2-6(14-4)8(5)15-9/h4,6H,1-3H2,(H,12,13). The lowest BCUT2D eigenvalue weighted by atomic mass is 10.1. The van der Waals surface area contributed by atoms with E-state index in [0.29, 0.717) is 16.1 Å². The van der Waals surface area contributed by atoms with Gasteiger partial charge in [-0.15, -0.1) is 23.1 Å². The van der Waals surface area contributed by atoms with E-state index in [1.54, 1.807) is 11.3 Å². The predicted molar refractivity (Wildman–Crippen MR) is 66.0 cm³/mol. The molecule has 2 aliphatic heterocycles. The van der Waals surface area contributed by atoms with E-state index in [1.165, 1.54) is 17.7 Å². The fourth-order valence-corrected chi connectivity index (χ4v) is 6.25. The number of carboxylic acid groups (broad SMARTS) is 1. The molecule has 0 aliphatic carbocycles. The second-order valence-electron chi connectivity index (χ2n) is 3.93. The number of halogens is 1. The molecular formula is C10H9BrO2S2. The Morgan fingerprint density at radius 1 is 1.47 bits per heavy atom. The molecule has 15 heavy (non-hydrogen) atoms. The van der Waals surface area contributed by atoms with Crippen LogP contribution in [0.15, 0.2) is 3.79 Å². The van der Waals surface area contributed by atoms with E-state index in [1.807, 2.05) is 11.8 Å². The molecule has 2 nitrogen and oxygen atoms in total. The maximum absolute atomic E-state index is 11.2. The summed E-state index contributed by atoms with van der Waals surface area (Å²) in [6.45, 7) is 0. The van der Waals surface area contributed by atoms with Crippen LogP contribution in [0.3, 0.4) is 0 Å². The van der Waals surface area contributed by atoms with Gasteiger partial charge in [0, 0.05) is 15.4 Å². The molecule has 0 aromatic carbocycles. The van der Waals surface area contributed by atoms with Crippen LogP contribution < -0.4 is 0 Å². The van der Waals surface area contributed by atoms with Crippen LogP contribution in [0.1, 0.15) is 38.9 Å². The fraction of sp³-hybridized carbons (Fsp3) is 0.500. The number of aromatic carboxylic acids is 1.